The Morgan fingerprint density at radius 3 is 2.76 bits per heavy atom. The molecule has 0 saturated carbocycles. The van der Waals surface area contributed by atoms with Crippen LogP contribution in [0.2, 0.25) is 4.34 Å². The summed E-state index contributed by atoms with van der Waals surface area (Å²) in [7, 11) is -3.65. The highest BCUT2D eigenvalue weighted by Gasteiger charge is 2.33. The Hall–Kier alpha value is -1.16. The smallest absolute Gasteiger partial charge is 0.308 e. The summed E-state index contributed by atoms with van der Waals surface area (Å²) in [6.07, 6.45) is -0.0391. The van der Waals surface area contributed by atoms with Crippen LogP contribution in [-0.2, 0) is 19.6 Å². The van der Waals surface area contributed by atoms with Gasteiger partial charge in [-0.1, -0.05) is 11.6 Å². The van der Waals surface area contributed by atoms with Gasteiger partial charge in [-0.05, 0) is 12.1 Å². The van der Waals surface area contributed by atoms with Crippen molar-refractivity contribution in [2.45, 2.75) is 10.6 Å². The van der Waals surface area contributed by atoms with E-state index in [1.807, 2.05) is 0 Å². The molecule has 7 nitrogen and oxygen atoms in total. The third kappa shape index (κ3) is 3.94. The standard InChI is InChI=1S/C11H13ClN2O5S2/c12-8-1-2-10(20-8)21(18,19)13-3-4-14-6-7(11(16)17)5-9(14)15/h1-2,7,13H,3-6H2,(H,16,17). The van der Waals surface area contributed by atoms with Crippen LogP contribution < -0.4 is 4.72 Å². The second-order valence-corrected chi connectivity index (χ2v) is 8.24. The molecule has 1 unspecified atom stereocenters. The summed E-state index contributed by atoms with van der Waals surface area (Å²) >= 11 is 6.63. The predicted molar refractivity (Wildman–Crippen MR) is 76.8 cm³/mol. The van der Waals surface area contributed by atoms with Crippen molar-refractivity contribution in [2.75, 3.05) is 19.6 Å². The zero-order valence-electron chi connectivity index (χ0n) is 10.8. The number of nitrogens with zero attached hydrogens (tertiary/aromatic N) is 1. The van der Waals surface area contributed by atoms with Gasteiger partial charge in [0, 0.05) is 26.1 Å². The molecule has 1 aromatic heterocycles. The number of carbonyl (C=O) groups is 2. The lowest BCUT2D eigenvalue weighted by molar-refractivity contribution is -0.141. The third-order valence-electron chi connectivity index (χ3n) is 3.05. The molecule has 2 rings (SSSR count). The molecule has 10 heteroatoms. The molecule has 1 saturated heterocycles. The maximum Gasteiger partial charge on any atom is 0.308 e. The predicted octanol–water partition coefficient (Wildman–Crippen LogP) is 0.613. The Morgan fingerprint density at radius 1 is 1.52 bits per heavy atom. The Morgan fingerprint density at radius 2 is 2.24 bits per heavy atom. The largest absolute Gasteiger partial charge is 0.481 e. The Kier molecular flexibility index (Phi) is 4.87. The number of hydrogen-bond acceptors (Lipinski definition) is 5. The van der Waals surface area contributed by atoms with Gasteiger partial charge in [0.25, 0.3) is 0 Å². The van der Waals surface area contributed by atoms with E-state index >= 15 is 0 Å². The molecule has 1 atom stereocenters. The number of aliphatic carboxylic acids is 1. The van der Waals surface area contributed by atoms with Crippen molar-refractivity contribution in [3.63, 3.8) is 0 Å². The molecule has 1 aliphatic heterocycles. The molecule has 1 aromatic rings. The summed E-state index contributed by atoms with van der Waals surface area (Å²) in [5.74, 6) is -2.01. The van der Waals surface area contributed by atoms with E-state index in [0.29, 0.717) is 4.34 Å². The number of carbonyl (C=O) groups excluding carboxylic acids is 1. The van der Waals surface area contributed by atoms with Crippen LogP contribution in [0.1, 0.15) is 6.42 Å². The lowest BCUT2D eigenvalue weighted by atomic mass is 10.1. The maximum atomic E-state index is 11.9. The van der Waals surface area contributed by atoms with E-state index in [0.717, 1.165) is 11.3 Å². The lowest BCUT2D eigenvalue weighted by Gasteiger charge is -2.16. The first-order chi connectivity index (χ1) is 9.79. The number of carboxylic acids is 1. The van der Waals surface area contributed by atoms with Gasteiger partial charge >= 0.3 is 5.97 Å². The number of halogens is 1. The van der Waals surface area contributed by atoms with E-state index in [9.17, 15) is 18.0 Å². The molecule has 2 N–H and O–H groups in total. The van der Waals surface area contributed by atoms with Crippen LogP contribution in [-0.4, -0.2) is 49.9 Å². The molecule has 0 aliphatic carbocycles. The number of rotatable bonds is 6. The number of sulfonamides is 1. The minimum atomic E-state index is -3.65. The van der Waals surface area contributed by atoms with Crippen LogP contribution in [0.5, 0.6) is 0 Å². The van der Waals surface area contributed by atoms with Crippen LogP contribution in [0, 0.1) is 5.92 Å². The zero-order valence-corrected chi connectivity index (χ0v) is 13.2. The van der Waals surface area contributed by atoms with E-state index < -0.39 is 21.9 Å². The first-order valence-corrected chi connectivity index (χ1v) is 8.73. The first kappa shape index (κ1) is 16.2. The Bertz CT molecular complexity index is 657. The molecule has 116 valence electrons. The van der Waals surface area contributed by atoms with E-state index in [4.69, 9.17) is 16.7 Å². The fourth-order valence-electron chi connectivity index (χ4n) is 1.98. The van der Waals surface area contributed by atoms with Crippen molar-refractivity contribution in [1.29, 1.82) is 0 Å². The SMILES string of the molecule is O=C(O)C1CC(=O)N(CCNS(=O)(=O)c2ccc(Cl)s2)C1. The van der Waals surface area contributed by atoms with Crippen LogP contribution >= 0.6 is 22.9 Å². The quantitative estimate of drug-likeness (QED) is 0.780. The normalized spacial score (nSPS) is 19.2. The molecule has 0 aromatic carbocycles. The summed E-state index contributed by atoms with van der Waals surface area (Å²) < 4.78 is 26.7. The lowest BCUT2D eigenvalue weighted by Crippen LogP contribution is -2.35. The Labute approximate surface area is 130 Å². The third-order valence-corrected chi connectivity index (χ3v) is 6.23. The van der Waals surface area contributed by atoms with Gasteiger partial charge in [-0.15, -0.1) is 11.3 Å². The fourth-order valence-corrected chi connectivity index (χ4v) is 4.53. The van der Waals surface area contributed by atoms with Crippen LogP contribution in [0.15, 0.2) is 16.3 Å². The van der Waals surface area contributed by atoms with Crippen LogP contribution in [0.25, 0.3) is 0 Å². The molecule has 21 heavy (non-hydrogen) atoms. The Balaban J connectivity index is 1.87. The summed E-state index contributed by atoms with van der Waals surface area (Å²) in [6, 6.07) is 2.89. The van der Waals surface area contributed by atoms with Gasteiger partial charge in [0.1, 0.15) is 4.21 Å². The number of likely N-dealkylation sites (tertiary alicyclic amines) is 1. The number of nitrogens with one attached hydrogen (secondary N) is 1. The van der Waals surface area contributed by atoms with Gasteiger partial charge in [-0.3, -0.25) is 9.59 Å². The minimum Gasteiger partial charge on any atom is -0.481 e. The highest BCUT2D eigenvalue weighted by Crippen LogP contribution is 2.25. The average Bonchev–Trinajstić information content (AvgIpc) is 2.97. The molecule has 1 fully saturated rings. The maximum absolute atomic E-state index is 11.9. The fraction of sp³-hybridized carbons (Fsp3) is 0.455. The zero-order chi connectivity index (χ0) is 15.6. The first-order valence-electron chi connectivity index (χ1n) is 6.05. The second-order valence-electron chi connectivity index (χ2n) is 4.54. The van der Waals surface area contributed by atoms with Gasteiger partial charge in [0.2, 0.25) is 15.9 Å². The van der Waals surface area contributed by atoms with Crippen LogP contribution in [0.4, 0.5) is 0 Å². The van der Waals surface area contributed by atoms with Crippen LogP contribution in [0.3, 0.4) is 0 Å². The van der Waals surface area contributed by atoms with Gasteiger partial charge in [-0.25, -0.2) is 13.1 Å². The summed E-state index contributed by atoms with van der Waals surface area (Å²) in [5, 5.41) is 8.85. The van der Waals surface area contributed by atoms with Gasteiger partial charge in [0.15, 0.2) is 0 Å². The van der Waals surface area contributed by atoms with Crippen molar-refractivity contribution in [2.24, 2.45) is 5.92 Å². The topological polar surface area (TPSA) is 104 Å². The van der Waals surface area contributed by atoms with Crippen molar-refractivity contribution in [3.8, 4) is 0 Å². The minimum absolute atomic E-state index is 0.0237. The molecule has 0 bridgehead atoms. The summed E-state index contributed by atoms with van der Waals surface area (Å²) in [6.45, 7) is 0.275. The van der Waals surface area contributed by atoms with Gasteiger partial charge in [-0.2, -0.15) is 0 Å². The van der Waals surface area contributed by atoms with Crippen molar-refractivity contribution >= 4 is 44.8 Å². The van der Waals surface area contributed by atoms with Crippen molar-refractivity contribution in [3.05, 3.63) is 16.5 Å². The molecular weight excluding hydrogens is 340 g/mol. The number of amides is 1. The number of hydrogen-bond donors (Lipinski definition) is 2. The highest BCUT2D eigenvalue weighted by atomic mass is 35.5. The highest BCUT2D eigenvalue weighted by molar-refractivity contribution is 7.91. The summed E-state index contributed by atoms with van der Waals surface area (Å²) in [4.78, 5) is 23.7. The summed E-state index contributed by atoms with van der Waals surface area (Å²) in [5.41, 5.74) is 0. The monoisotopic (exact) mass is 352 g/mol. The van der Waals surface area contributed by atoms with Crippen molar-refractivity contribution in [1.82, 2.24) is 9.62 Å². The average molecular weight is 353 g/mol. The molecule has 2 heterocycles. The van der Waals surface area contributed by atoms with Gasteiger partial charge < -0.3 is 10.0 Å². The van der Waals surface area contributed by atoms with E-state index in [-0.39, 0.29) is 36.2 Å². The molecule has 0 radical (unpaired) electrons. The molecular formula is C11H13ClN2O5S2. The second kappa shape index (κ2) is 6.30. The van der Waals surface area contributed by atoms with Gasteiger partial charge in [0.05, 0.1) is 10.3 Å². The van der Waals surface area contributed by atoms with E-state index in [1.165, 1.54) is 17.0 Å². The van der Waals surface area contributed by atoms with E-state index in [1.54, 1.807) is 0 Å². The number of carboxylic acid groups (broad SMARTS) is 1. The van der Waals surface area contributed by atoms with Crippen molar-refractivity contribution < 1.29 is 23.1 Å². The number of thiophene rings is 1. The molecule has 1 aliphatic rings. The molecule has 1 amide bonds. The van der Waals surface area contributed by atoms with E-state index in [2.05, 4.69) is 4.72 Å². The molecule has 0 spiro atoms.